The predicted octanol–water partition coefficient (Wildman–Crippen LogP) is 3.83. The summed E-state index contributed by atoms with van der Waals surface area (Å²) in [5.41, 5.74) is 2.37. The molecule has 0 aromatic heterocycles. The summed E-state index contributed by atoms with van der Waals surface area (Å²) < 4.78 is 32.9. The number of nitrogens with zero attached hydrogens (tertiary/aromatic N) is 1. The first-order chi connectivity index (χ1) is 13.9. The van der Waals surface area contributed by atoms with Crippen molar-refractivity contribution in [1.82, 2.24) is 4.31 Å². The first kappa shape index (κ1) is 21.1. The zero-order valence-corrected chi connectivity index (χ0v) is 17.5. The lowest BCUT2D eigenvalue weighted by Gasteiger charge is -2.26. The molecular formula is C22H26N2O4S. The Hall–Kier alpha value is -2.64. The number of sulfonamides is 1. The van der Waals surface area contributed by atoms with E-state index in [1.807, 2.05) is 31.2 Å². The number of ether oxygens (including phenoxy) is 1. The lowest BCUT2D eigenvalue weighted by molar-refractivity contribution is -0.111. The van der Waals surface area contributed by atoms with Crippen LogP contribution in [-0.4, -0.2) is 38.8 Å². The van der Waals surface area contributed by atoms with Crippen molar-refractivity contribution in [2.24, 2.45) is 0 Å². The van der Waals surface area contributed by atoms with Gasteiger partial charge in [-0.05, 0) is 61.2 Å². The zero-order valence-electron chi connectivity index (χ0n) is 16.7. The van der Waals surface area contributed by atoms with Gasteiger partial charge in [0.1, 0.15) is 10.6 Å². The molecule has 1 N–H and O–H groups in total. The van der Waals surface area contributed by atoms with Crippen LogP contribution in [0.2, 0.25) is 0 Å². The Morgan fingerprint density at radius 3 is 2.55 bits per heavy atom. The Morgan fingerprint density at radius 2 is 1.86 bits per heavy atom. The highest BCUT2D eigenvalue weighted by Gasteiger charge is 2.28. The molecule has 1 amide bonds. The van der Waals surface area contributed by atoms with E-state index in [1.54, 1.807) is 24.3 Å². The minimum absolute atomic E-state index is 0.128. The summed E-state index contributed by atoms with van der Waals surface area (Å²) in [7, 11) is -2.19. The number of carbonyl (C=O) groups excluding carboxylic acids is 1. The van der Waals surface area contributed by atoms with Gasteiger partial charge in [0, 0.05) is 24.9 Å². The van der Waals surface area contributed by atoms with Crippen LogP contribution in [0, 0.1) is 6.92 Å². The molecular weight excluding hydrogens is 388 g/mol. The highest BCUT2D eigenvalue weighted by Crippen LogP contribution is 2.30. The van der Waals surface area contributed by atoms with Gasteiger partial charge >= 0.3 is 0 Å². The van der Waals surface area contributed by atoms with Crippen molar-refractivity contribution >= 4 is 27.7 Å². The highest BCUT2D eigenvalue weighted by molar-refractivity contribution is 7.89. The normalized spacial score (nSPS) is 15.4. The average Bonchev–Trinajstić information content (AvgIpc) is 2.72. The van der Waals surface area contributed by atoms with Gasteiger partial charge in [-0.25, -0.2) is 8.42 Å². The summed E-state index contributed by atoms with van der Waals surface area (Å²) in [6, 6.07) is 12.4. The van der Waals surface area contributed by atoms with Gasteiger partial charge in [0.05, 0.1) is 7.11 Å². The number of nitrogens with one attached hydrogen (secondary N) is 1. The van der Waals surface area contributed by atoms with Crippen LogP contribution in [0.4, 0.5) is 5.69 Å². The Balaban J connectivity index is 1.80. The number of aryl methyl sites for hydroxylation is 1. The number of carbonyl (C=O) groups is 1. The van der Waals surface area contributed by atoms with E-state index in [0.29, 0.717) is 30.1 Å². The number of methoxy groups -OCH3 is 1. The minimum atomic E-state index is -3.65. The summed E-state index contributed by atoms with van der Waals surface area (Å²) in [6.45, 7) is 2.99. The first-order valence-electron chi connectivity index (χ1n) is 9.64. The van der Waals surface area contributed by atoms with Crippen molar-refractivity contribution in [3.63, 3.8) is 0 Å². The van der Waals surface area contributed by atoms with Gasteiger partial charge in [-0.1, -0.05) is 24.6 Å². The molecule has 29 heavy (non-hydrogen) atoms. The second kappa shape index (κ2) is 9.24. The number of amides is 1. The molecule has 1 aliphatic rings. The van der Waals surface area contributed by atoms with Crippen LogP contribution in [0.1, 0.15) is 30.4 Å². The molecule has 0 aliphatic carbocycles. The number of anilines is 1. The van der Waals surface area contributed by atoms with Crippen molar-refractivity contribution in [2.75, 3.05) is 25.5 Å². The second-order valence-electron chi connectivity index (χ2n) is 7.07. The van der Waals surface area contributed by atoms with Crippen LogP contribution in [-0.2, 0) is 14.8 Å². The van der Waals surface area contributed by atoms with E-state index in [0.717, 1.165) is 24.8 Å². The molecule has 0 atom stereocenters. The molecule has 0 unspecified atom stereocenters. The number of hydrogen-bond donors (Lipinski definition) is 1. The van der Waals surface area contributed by atoms with Gasteiger partial charge in [0.15, 0.2) is 0 Å². The number of rotatable bonds is 6. The van der Waals surface area contributed by atoms with Gasteiger partial charge in [-0.3, -0.25) is 4.79 Å². The Bertz CT molecular complexity index is 1010. The Labute approximate surface area is 172 Å². The fourth-order valence-corrected chi connectivity index (χ4v) is 5.03. The molecule has 2 aromatic carbocycles. The smallest absolute Gasteiger partial charge is 0.248 e. The standard InChI is InChI=1S/C22H26N2O4S/c1-17-7-6-8-19(15-17)23-22(25)12-10-18-9-11-20(28-2)21(16-18)29(26,27)24-13-4-3-5-14-24/h6-12,15-16H,3-5,13-14H2,1-2H3,(H,23,25). The average molecular weight is 415 g/mol. The summed E-state index contributed by atoms with van der Waals surface area (Å²) in [5.74, 6) is 0.0174. The lowest BCUT2D eigenvalue weighted by Crippen LogP contribution is -2.35. The SMILES string of the molecule is COc1ccc(C=CC(=O)Nc2cccc(C)c2)cc1S(=O)(=O)N1CCCCC1. The molecule has 1 fully saturated rings. The monoisotopic (exact) mass is 414 g/mol. The van der Waals surface area contributed by atoms with E-state index in [2.05, 4.69) is 5.32 Å². The van der Waals surface area contributed by atoms with Crippen molar-refractivity contribution in [3.05, 3.63) is 59.7 Å². The zero-order chi connectivity index (χ0) is 20.9. The molecule has 1 saturated heterocycles. The van der Waals surface area contributed by atoms with Gasteiger partial charge < -0.3 is 10.1 Å². The van der Waals surface area contributed by atoms with E-state index in [9.17, 15) is 13.2 Å². The summed E-state index contributed by atoms with van der Waals surface area (Å²) in [4.78, 5) is 12.3. The molecule has 1 heterocycles. The van der Waals surface area contributed by atoms with Crippen LogP contribution < -0.4 is 10.1 Å². The maximum absolute atomic E-state index is 13.1. The number of hydrogen-bond acceptors (Lipinski definition) is 4. The van der Waals surface area contributed by atoms with E-state index in [4.69, 9.17) is 4.74 Å². The third-order valence-corrected chi connectivity index (χ3v) is 6.75. The molecule has 154 valence electrons. The van der Waals surface area contributed by atoms with Gasteiger partial charge in [-0.2, -0.15) is 4.31 Å². The van der Waals surface area contributed by atoms with Gasteiger partial charge in [0.25, 0.3) is 0 Å². The van der Waals surface area contributed by atoms with Crippen LogP contribution in [0.15, 0.2) is 53.4 Å². The molecule has 0 saturated carbocycles. The maximum atomic E-state index is 13.1. The highest BCUT2D eigenvalue weighted by atomic mass is 32.2. The molecule has 0 bridgehead atoms. The second-order valence-corrected chi connectivity index (χ2v) is 8.97. The van der Waals surface area contributed by atoms with Crippen LogP contribution >= 0.6 is 0 Å². The largest absolute Gasteiger partial charge is 0.495 e. The molecule has 0 spiro atoms. The molecule has 1 aliphatic heterocycles. The van der Waals surface area contributed by atoms with Crippen molar-refractivity contribution in [3.8, 4) is 5.75 Å². The third kappa shape index (κ3) is 5.25. The van der Waals surface area contributed by atoms with Crippen LogP contribution in [0.25, 0.3) is 6.08 Å². The fourth-order valence-electron chi connectivity index (χ4n) is 3.32. The summed E-state index contributed by atoms with van der Waals surface area (Å²) in [6.07, 6.45) is 5.75. The van der Waals surface area contributed by atoms with Crippen LogP contribution in [0.5, 0.6) is 5.75 Å². The molecule has 2 aromatic rings. The van der Waals surface area contributed by atoms with Crippen molar-refractivity contribution in [2.45, 2.75) is 31.1 Å². The summed E-state index contributed by atoms with van der Waals surface area (Å²) in [5, 5.41) is 2.80. The van der Waals surface area contributed by atoms with E-state index in [-0.39, 0.29) is 10.8 Å². The third-order valence-electron chi connectivity index (χ3n) is 4.83. The molecule has 3 rings (SSSR count). The lowest BCUT2D eigenvalue weighted by atomic mass is 10.2. The topological polar surface area (TPSA) is 75.7 Å². The van der Waals surface area contributed by atoms with E-state index < -0.39 is 10.0 Å². The van der Waals surface area contributed by atoms with Gasteiger partial charge in [0.2, 0.25) is 15.9 Å². The number of piperidine rings is 1. The fraction of sp³-hybridized carbons (Fsp3) is 0.318. The minimum Gasteiger partial charge on any atom is -0.495 e. The Morgan fingerprint density at radius 1 is 1.10 bits per heavy atom. The van der Waals surface area contributed by atoms with Gasteiger partial charge in [-0.15, -0.1) is 0 Å². The first-order valence-corrected chi connectivity index (χ1v) is 11.1. The summed E-state index contributed by atoms with van der Waals surface area (Å²) >= 11 is 0. The molecule has 0 radical (unpaired) electrons. The Kier molecular flexibility index (Phi) is 6.71. The quantitative estimate of drug-likeness (QED) is 0.729. The maximum Gasteiger partial charge on any atom is 0.248 e. The van der Waals surface area contributed by atoms with E-state index >= 15 is 0 Å². The molecule has 6 nitrogen and oxygen atoms in total. The molecule has 7 heteroatoms. The number of benzene rings is 2. The van der Waals surface area contributed by atoms with Crippen molar-refractivity contribution < 1.29 is 17.9 Å². The van der Waals surface area contributed by atoms with Crippen molar-refractivity contribution in [1.29, 1.82) is 0 Å². The van der Waals surface area contributed by atoms with Crippen LogP contribution in [0.3, 0.4) is 0 Å². The van der Waals surface area contributed by atoms with E-state index in [1.165, 1.54) is 17.5 Å². The predicted molar refractivity (Wildman–Crippen MR) is 114 cm³/mol.